The van der Waals surface area contributed by atoms with Crippen molar-refractivity contribution in [3.8, 4) is 11.4 Å². The second kappa shape index (κ2) is 13.5. The topological polar surface area (TPSA) is 110 Å². The number of nitrogens with zero attached hydrogens (tertiary/aromatic N) is 2. The van der Waals surface area contributed by atoms with E-state index in [1.54, 1.807) is 18.1 Å². The number of nitrogens with one attached hydrogen (secondary N) is 3. The molecule has 5 aromatic rings. The molecule has 0 bridgehead atoms. The number of benzene rings is 3. The lowest BCUT2D eigenvalue weighted by molar-refractivity contribution is -0.121. The molecule has 0 spiro atoms. The third kappa shape index (κ3) is 7.10. The van der Waals surface area contributed by atoms with Crippen molar-refractivity contribution in [1.82, 2.24) is 15.1 Å². The van der Waals surface area contributed by atoms with Crippen LogP contribution < -0.4 is 20.7 Å². The molecule has 0 radical (unpaired) electrons. The average Bonchev–Trinajstić information content (AvgIpc) is 3.67. The second-order valence-electron chi connectivity index (χ2n) is 13.4. The largest absolute Gasteiger partial charge is 0.497 e. The highest BCUT2D eigenvalue weighted by molar-refractivity contribution is 6.01. The van der Waals surface area contributed by atoms with Crippen molar-refractivity contribution < 1.29 is 18.7 Å². The molecule has 1 unspecified atom stereocenters. The Labute approximate surface area is 275 Å². The number of amides is 2. The number of anilines is 2. The van der Waals surface area contributed by atoms with Crippen LogP contribution in [0.1, 0.15) is 61.9 Å². The predicted octanol–water partition coefficient (Wildman–Crippen LogP) is 7.77. The first-order chi connectivity index (χ1) is 22.6. The molecule has 47 heavy (non-hydrogen) atoms. The van der Waals surface area contributed by atoms with Gasteiger partial charge in [-0.15, -0.1) is 0 Å². The summed E-state index contributed by atoms with van der Waals surface area (Å²) in [6, 6.07) is 22.8. The van der Waals surface area contributed by atoms with E-state index in [2.05, 4.69) is 36.7 Å². The van der Waals surface area contributed by atoms with Crippen LogP contribution >= 0.6 is 0 Å². The van der Waals surface area contributed by atoms with E-state index < -0.39 is 11.9 Å². The Kier molecular flexibility index (Phi) is 9.18. The first-order valence-electron chi connectivity index (χ1n) is 16.2. The van der Waals surface area contributed by atoms with Crippen LogP contribution in [-0.2, 0) is 16.6 Å². The summed E-state index contributed by atoms with van der Waals surface area (Å²) in [6.07, 6.45) is 3.62. The van der Waals surface area contributed by atoms with Gasteiger partial charge in [0, 0.05) is 46.5 Å². The Morgan fingerprint density at radius 2 is 1.77 bits per heavy atom. The number of methoxy groups -OCH3 is 1. The number of Topliss-reactive ketones (excluding diaryl/α,β-unsaturated/α-hetero) is 1. The van der Waals surface area contributed by atoms with E-state index in [-0.39, 0.29) is 23.5 Å². The van der Waals surface area contributed by atoms with Crippen LogP contribution in [0.4, 0.5) is 16.3 Å². The number of carbonyl (C=O) groups excluding carboxylic acids is 2. The number of aromatic nitrogens is 2. The number of rotatable bonds is 9. The Morgan fingerprint density at radius 1 is 1.02 bits per heavy atom. The molecule has 3 N–H and O–H groups in total. The van der Waals surface area contributed by atoms with Gasteiger partial charge in [0.15, 0.2) is 0 Å². The summed E-state index contributed by atoms with van der Waals surface area (Å²) in [5.41, 5.74) is 5.58. The maximum Gasteiger partial charge on any atom is 0.324 e. The molecule has 0 saturated carbocycles. The molecule has 3 aromatic carbocycles. The zero-order valence-electron chi connectivity index (χ0n) is 27.7. The minimum Gasteiger partial charge on any atom is -0.497 e. The first kappa shape index (κ1) is 32.1. The highest BCUT2D eigenvalue weighted by Gasteiger charge is 2.33. The molecule has 6 rings (SSSR count). The number of aryl methyl sites for hydroxylation is 1. The monoisotopic (exact) mass is 633 g/mol. The number of piperidine rings is 1. The Balaban J connectivity index is 1.29. The van der Waals surface area contributed by atoms with Crippen LogP contribution in [0.3, 0.4) is 0 Å². The van der Waals surface area contributed by atoms with Crippen LogP contribution in [0.25, 0.3) is 16.7 Å². The van der Waals surface area contributed by atoms with E-state index in [9.17, 15) is 9.59 Å². The fourth-order valence-corrected chi connectivity index (χ4v) is 6.36. The van der Waals surface area contributed by atoms with Gasteiger partial charge in [-0.2, -0.15) is 5.10 Å². The smallest absolute Gasteiger partial charge is 0.324 e. The Hall–Kier alpha value is -4.89. The van der Waals surface area contributed by atoms with Crippen molar-refractivity contribution in [3.05, 3.63) is 101 Å². The quantitative estimate of drug-likeness (QED) is 0.153. The molecular formula is C38H43N5O4. The van der Waals surface area contributed by atoms with E-state index >= 15 is 0 Å². The summed E-state index contributed by atoms with van der Waals surface area (Å²) in [4.78, 5) is 28.0. The van der Waals surface area contributed by atoms with Crippen LogP contribution in [0.5, 0.6) is 5.75 Å². The summed E-state index contributed by atoms with van der Waals surface area (Å²) < 4.78 is 12.9. The van der Waals surface area contributed by atoms with Crippen LogP contribution in [0, 0.1) is 12.8 Å². The van der Waals surface area contributed by atoms with Crippen molar-refractivity contribution in [3.63, 3.8) is 0 Å². The minimum absolute atomic E-state index is 0.0948. The predicted molar refractivity (Wildman–Crippen MR) is 186 cm³/mol. The van der Waals surface area contributed by atoms with Crippen LogP contribution in [0.15, 0.2) is 83.5 Å². The van der Waals surface area contributed by atoms with Crippen molar-refractivity contribution in [1.29, 1.82) is 0 Å². The second-order valence-corrected chi connectivity index (χ2v) is 13.4. The number of carbonyl (C=O) groups is 2. The normalized spacial score (nSPS) is 14.6. The summed E-state index contributed by atoms with van der Waals surface area (Å²) in [5.74, 6) is 1.08. The van der Waals surface area contributed by atoms with Gasteiger partial charge in [-0.05, 0) is 74.7 Å². The van der Waals surface area contributed by atoms with Crippen LogP contribution in [0.2, 0.25) is 0 Å². The summed E-state index contributed by atoms with van der Waals surface area (Å²) in [6.45, 7) is 10.0. The lowest BCUT2D eigenvalue weighted by Crippen LogP contribution is -2.34. The van der Waals surface area contributed by atoms with E-state index in [1.165, 1.54) is 0 Å². The number of ketones is 1. The number of furan rings is 1. The molecule has 244 valence electrons. The maximum atomic E-state index is 14.3. The van der Waals surface area contributed by atoms with Gasteiger partial charge < -0.3 is 19.8 Å². The van der Waals surface area contributed by atoms with Gasteiger partial charge in [-0.3, -0.25) is 10.1 Å². The van der Waals surface area contributed by atoms with Gasteiger partial charge in [0.05, 0.1) is 24.8 Å². The van der Waals surface area contributed by atoms with Gasteiger partial charge in [-0.25, -0.2) is 9.48 Å². The zero-order chi connectivity index (χ0) is 33.1. The van der Waals surface area contributed by atoms with Crippen molar-refractivity contribution in [2.75, 3.05) is 30.8 Å². The number of ether oxygens (including phenoxy) is 1. The molecule has 1 atom stereocenters. The molecule has 1 aliphatic heterocycles. The van der Waals surface area contributed by atoms with Gasteiger partial charge in [-0.1, -0.05) is 56.7 Å². The minimum atomic E-state index is -0.405. The molecule has 9 heteroatoms. The number of para-hydroxylation sites is 1. The fourth-order valence-electron chi connectivity index (χ4n) is 6.36. The Morgan fingerprint density at radius 3 is 2.49 bits per heavy atom. The molecule has 0 aliphatic carbocycles. The molecule has 2 amide bonds. The van der Waals surface area contributed by atoms with E-state index in [0.29, 0.717) is 22.8 Å². The van der Waals surface area contributed by atoms with Gasteiger partial charge in [0.2, 0.25) is 0 Å². The lowest BCUT2D eigenvalue weighted by Gasteiger charge is -2.31. The standard InChI is InChI=1S/C38H43N5O4/c1-24-10-12-27(13-11-24)43-35(22-34(42-43)38(2,3)4)41-37(45)40-31-9-7-6-8-30(31)36(25-16-18-39-19-17-25)32(44)20-26-23-47-33-21-28(46-5)14-15-29(26)33/h6-15,21-23,25,36,39H,16-20H2,1-5H3,(H2,40,41,45). The first-order valence-corrected chi connectivity index (χ1v) is 16.2. The molecule has 1 fully saturated rings. The van der Waals surface area contributed by atoms with Crippen molar-refractivity contribution in [2.45, 2.75) is 58.3 Å². The molecule has 3 heterocycles. The van der Waals surface area contributed by atoms with E-state index in [1.807, 2.05) is 79.7 Å². The molecule has 1 saturated heterocycles. The summed E-state index contributed by atoms with van der Waals surface area (Å²) in [5, 5.41) is 15.3. The molecule has 1 aliphatic rings. The van der Waals surface area contributed by atoms with Crippen LogP contribution in [-0.4, -0.2) is 41.8 Å². The number of hydrogen-bond donors (Lipinski definition) is 3. The lowest BCUT2D eigenvalue weighted by atomic mass is 9.76. The van der Waals surface area contributed by atoms with E-state index in [4.69, 9.17) is 14.3 Å². The van der Waals surface area contributed by atoms with Gasteiger partial charge in [0.25, 0.3) is 0 Å². The fraction of sp³-hybridized carbons (Fsp3) is 0.342. The SMILES string of the molecule is COc1ccc2c(CC(=O)C(c3ccccc3NC(=O)Nc3cc(C(C)(C)C)nn3-c3ccc(C)cc3)C3CCNCC3)coc2c1. The van der Waals surface area contributed by atoms with E-state index in [0.717, 1.165) is 59.4 Å². The number of urea groups is 1. The zero-order valence-corrected chi connectivity index (χ0v) is 27.7. The average molecular weight is 634 g/mol. The molecule has 2 aromatic heterocycles. The third-order valence-electron chi connectivity index (χ3n) is 8.97. The Bertz CT molecular complexity index is 1880. The number of hydrogen-bond acceptors (Lipinski definition) is 6. The maximum absolute atomic E-state index is 14.3. The summed E-state index contributed by atoms with van der Waals surface area (Å²) >= 11 is 0. The van der Waals surface area contributed by atoms with Gasteiger partial charge in [0.1, 0.15) is 22.9 Å². The van der Waals surface area contributed by atoms with Crippen molar-refractivity contribution in [2.24, 2.45) is 5.92 Å². The highest BCUT2D eigenvalue weighted by atomic mass is 16.5. The molecule has 9 nitrogen and oxygen atoms in total. The highest BCUT2D eigenvalue weighted by Crippen LogP contribution is 2.38. The third-order valence-corrected chi connectivity index (χ3v) is 8.97. The van der Waals surface area contributed by atoms with Gasteiger partial charge >= 0.3 is 6.03 Å². The molecular weight excluding hydrogens is 590 g/mol. The number of fused-ring (bicyclic) bond motifs is 1. The van der Waals surface area contributed by atoms with Crippen molar-refractivity contribution >= 4 is 34.3 Å². The summed E-state index contributed by atoms with van der Waals surface area (Å²) in [7, 11) is 1.62.